The number of benzene rings is 2. The van der Waals surface area contributed by atoms with Crippen LogP contribution >= 0.6 is 0 Å². The van der Waals surface area contributed by atoms with Crippen molar-refractivity contribution in [1.82, 2.24) is 4.90 Å². The van der Waals surface area contributed by atoms with Crippen molar-refractivity contribution in [2.45, 2.75) is 32.7 Å². The second-order valence-electron chi connectivity index (χ2n) is 6.62. The van der Waals surface area contributed by atoms with Gasteiger partial charge in [0, 0.05) is 12.1 Å². The van der Waals surface area contributed by atoms with E-state index in [0.717, 1.165) is 30.7 Å². The van der Waals surface area contributed by atoms with Gasteiger partial charge in [-0.3, -0.25) is 9.59 Å². The van der Waals surface area contributed by atoms with Crippen LogP contribution in [0.15, 0.2) is 48.5 Å². The van der Waals surface area contributed by atoms with Gasteiger partial charge in [0.05, 0.1) is 12.6 Å². The Morgan fingerprint density at radius 2 is 1.63 bits per heavy atom. The molecule has 1 fully saturated rings. The molecule has 5 nitrogen and oxygen atoms in total. The highest BCUT2D eigenvalue weighted by molar-refractivity contribution is 5.94. The molecule has 0 aliphatic carbocycles. The van der Waals surface area contributed by atoms with Gasteiger partial charge in [-0.05, 0) is 68.7 Å². The van der Waals surface area contributed by atoms with E-state index in [9.17, 15) is 9.59 Å². The normalized spacial score (nSPS) is 16.2. The van der Waals surface area contributed by atoms with E-state index in [-0.39, 0.29) is 24.3 Å². The van der Waals surface area contributed by atoms with Crippen LogP contribution in [0.5, 0.6) is 11.5 Å². The predicted octanol–water partition coefficient (Wildman–Crippen LogP) is 4.03. The zero-order chi connectivity index (χ0) is 19.2. The highest BCUT2D eigenvalue weighted by Crippen LogP contribution is 2.32. The first-order valence-electron chi connectivity index (χ1n) is 9.34. The lowest BCUT2D eigenvalue weighted by atomic mass is 10.0. The minimum absolute atomic E-state index is 0.00700. The molecule has 1 unspecified atom stereocenters. The Bertz CT molecular complexity index is 783. The molecule has 1 atom stereocenters. The molecule has 3 rings (SSSR count). The summed E-state index contributed by atoms with van der Waals surface area (Å²) in [7, 11) is 0. The minimum atomic E-state index is -0.0259. The third kappa shape index (κ3) is 4.67. The van der Waals surface area contributed by atoms with Crippen LogP contribution in [0.4, 0.5) is 0 Å². The van der Waals surface area contributed by atoms with E-state index >= 15 is 0 Å². The number of carbonyl (C=O) groups is 2. The molecule has 1 aliphatic heterocycles. The van der Waals surface area contributed by atoms with Crippen LogP contribution in [0.2, 0.25) is 0 Å². The fourth-order valence-corrected chi connectivity index (χ4v) is 3.38. The number of Topliss-reactive ketones (excluding diaryl/α,β-unsaturated/α-hetero) is 1. The smallest absolute Gasteiger partial charge is 0.261 e. The van der Waals surface area contributed by atoms with E-state index in [0.29, 0.717) is 17.9 Å². The number of hydrogen-bond acceptors (Lipinski definition) is 4. The van der Waals surface area contributed by atoms with Gasteiger partial charge in [0.2, 0.25) is 0 Å². The summed E-state index contributed by atoms with van der Waals surface area (Å²) in [5.41, 5.74) is 1.75. The van der Waals surface area contributed by atoms with Gasteiger partial charge in [-0.15, -0.1) is 0 Å². The minimum Gasteiger partial charge on any atom is -0.494 e. The van der Waals surface area contributed by atoms with Crippen molar-refractivity contribution >= 4 is 11.7 Å². The third-order valence-electron chi connectivity index (χ3n) is 4.77. The van der Waals surface area contributed by atoms with E-state index < -0.39 is 0 Å². The summed E-state index contributed by atoms with van der Waals surface area (Å²) in [6, 6.07) is 14.9. The number of ketones is 1. The van der Waals surface area contributed by atoms with Crippen LogP contribution in [0.1, 0.15) is 48.7 Å². The first kappa shape index (κ1) is 19.0. The SMILES string of the molecule is CCOc1ccc(C2CCCN2C(=O)COc2ccc(C(C)=O)cc2)cc1. The van der Waals surface area contributed by atoms with Gasteiger partial charge in [0.1, 0.15) is 11.5 Å². The van der Waals surface area contributed by atoms with Gasteiger partial charge in [-0.1, -0.05) is 12.1 Å². The Morgan fingerprint density at radius 1 is 1.00 bits per heavy atom. The molecule has 2 aromatic rings. The van der Waals surface area contributed by atoms with Gasteiger partial charge < -0.3 is 14.4 Å². The van der Waals surface area contributed by atoms with Gasteiger partial charge in [-0.2, -0.15) is 0 Å². The maximum absolute atomic E-state index is 12.7. The van der Waals surface area contributed by atoms with Gasteiger partial charge >= 0.3 is 0 Å². The van der Waals surface area contributed by atoms with Crippen molar-refractivity contribution in [2.24, 2.45) is 0 Å². The number of carbonyl (C=O) groups excluding carboxylic acids is 2. The molecule has 1 amide bonds. The van der Waals surface area contributed by atoms with Crippen LogP contribution < -0.4 is 9.47 Å². The summed E-state index contributed by atoms with van der Waals surface area (Å²) < 4.78 is 11.1. The third-order valence-corrected chi connectivity index (χ3v) is 4.77. The second kappa shape index (κ2) is 8.71. The second-order valence-corrected chi connectivity index (χ2v) is 6.62. The Hall–Kier alpha value is -2.82. The molecule has 5 heteroatoms. The molecule has 27 heavy (non-hydrogen) atoms. The topological polar surface area (TPSA) is 55.8 Å². The number of hydrogen-bond donors (Lipinski definition) is 0. The lowest BCUT2D eigenvalue weighted by Crippen LogP contribution is -2.34. The van der Waals surface area contributed by atoms with Crippen LogP contribution in [-0.4, -0.2) is 36.3 Å². The van der Waals surface area contributed by atoms with Crippen molar-refractivity contribution < 1.29 is 19.1 Å². The van der Waals surface area contributed by atoms with Crippen molar-refractivity contribution in [3.05, 3.63) is 59.7 Å². The van der Waals surface area contributed by atoms with Gasteiger partial charge in [-0.25, -0.2) is 0 Å². The monoisotopic (exact) mass is 367 g/mol. The molecule has 1 aliphatic rings. The first-order valence-corrected chi connectivity index (χ1v) is 9.34. The zero-order valence-corrected chi connectivity index (χ0v) is 15.8. The summed E-state index contributed by atoms with van der Waals surface area (Å²) in [6.07, 6.45) is 1.93. The summed E-state index contributed by atoms with van der Waals surface area (Å²) in [5, 5.41) is 0. The van der Waals surface area contributed by atoms with Gasteiger partial charge in [0.15, 0.2) is 12.4 Å². The van der Waals surface area contributed by atoms with E-state index in [2.05, 4.69) is 0 Å². The van der Waals surface area contributed by atoms with E-state index in [1.54, 1.807) is 24.3 Å². The van der Waals surface area contributed by atoms with Crippen LogP contribution in [0.25, 0.3) is 0 Å². The fourth-order valence-electron chi connectivity index (χ4n) is 3.38. The maximum Gasteiger partial charge on any atom is 0.261 e. The molecule has 0 bridgehead atoms. The molecule has 0 aromatic heterocycles. The standard InChI is InChI=1S/C22H25NO4/c1-3-26-19-12-8-18(9-13-19)21-5-4-14-23(21)22(25)15-27-20-10-6-17(7-11-20)16(2)24/h6-13,21H,3-5,14-15H2,1-2H3. The quantitative estimate of drug-likeness (QED) is 0.693. The average Bonchev–Trinajstić information content (AvgIpc) is 3.17. The number of rotatable bonds is 7. The number of likely N-dealkylation sites (tertiary alicyclic amines) is 1. The number of amides is 1. The van der Waals surface area contributed by atoms with Crippen LogP contribution in [0, 0.1) is 0 Å². The molecule has 2 aromatic carbocycles. The molecule has 1 heterocycles. The lowest BCUT2D eigenvalue weighted by molar-refractivity contribution is -0.134. The Balaban J connectivity index is 1.60. The first-order chi connectivity index (χ1) is 13.1. The largest absolute Gasteiger partial charge is 0.494 e. The van der Waals surface area contributed by atoms with E-state index in [4.69, 9.17) is 9.47 Å². The molecular weight excluding hydrogens is 342 g/mol. The van der Waals surface area contributed by atoms with Crippen molar-refractivity contribution in [3.63, 3.8) is 0 Å². The average molecular weight is 367 g/mol. The van der Waals surface area contributed by atoms with E-state index in [1.165, 1.54) is 6.92 Å². The summed E-state index contributed by atoms with van der Waals surface area (Å²) >= 11 is 0. The van der Waals surface area contributed by atoms with Crippen LogP contribution in [-0.2, 0) is 4.79 Å². The van der Waals surface area contributed by atoms with Crippen LogP contribution in [0.3, 0.4) is 0 Å². The Morgan fingerprint density at radius 3 is 2.26 bits per heavy atom. The summed E-state index contributed by atoms with van der Waals surface area (Å²) in [5.74, 6) is 1.41. The maximum atomic E-state index is 12.7. The van der Waals surface area contributed by atoms with E-state index in [1.807, 2.05) is 36.1 Å². The molecule has 0 radical (unpaired) electrons. The Labute approximate surface area is 159 Å². The molecular formula is C22H25NO4. The molecule has 0 saturated carbocycles. The molecule has 0 spiro atoms. The predicted molar refractivity (Wildman–Crippen MR) is 103 cm³/mol. The number of nitrogens with zero attached hydrogens (tertiary/aromatic N) is 1. The van der Waals surface area contributed by atoms with Gasteiger partial charge in [0.25, 0.3) is 5.91 Å². The van der Waals surface area contributed by atoms with Crippen molar-refractivity contribution in [3.8, 4) is 11.5 Å². The fraction of sp³-hybridized carbons (Fsp3) is 0.364. The highest BCUT2D eigenvalue weighted by Gasteiger charge is 2.30. The molecule has 0 N–H and O–H groups in total. The summed E-state index contributed by atoms with van der Waals surface area (Å²) in [4.78, 5) is 25.9. The molecule has 142 valence electrons. The summed E-state index contributed by atoms with van der Waals surface area (Å²) in [6.45, 7) is 4.85. The van der Waals surface area contributed by atoms with Crippen molar-refractivity contribution in [1.29, 1.82) is 0 Å². The lowest BCUT2D eigenvalue weighted by Gasteiger charge is -2.25. The molecule has 1 saturated heterocycles. The van der Waals surface area contributed by atoms with Crippen molar-refractivity contribution in [2.75, 3.05) is 19.8 Å². The highest BCUT2D eigenvalue weighted by atomic mass is 16.5. The zero-order valence-electron chi connectivity index (χ0n) is 15.8. The Kier molecular flexibility index (Phi) is 6.12. The number of ether oxygens (including phenoxy) is 2.